The lowest BCUT2D eigenvalue weighted by Gasteiger charge is -2.06. The summed E-state index contributed by atoms with van der Waals surface area (Å²) < 4.78 is 19.6. The fourth-order valence-corrected chi connectivity index (χ4v) is 3.57. The third-order valence-electron chi connectivity index (χ3n) is 4.11. The van der Waals surface area contributed by atoms with Gasteiger partial charge in [-0.3, -0.25) is 15.1 Å². The number of hydrogen-bond donors (Lipinski definition) is 3. The summed E-state index contributed by atoms with van der Waals surface area (Å²) in [7, 11) is 1.53. The fourth-order valence-electron chi connectivity index (χ4n) is 2.68. The van der Waals surface area contributed by atoms with E-state index in [4.69, 9.17) is 4.74 Å². The Morgan fingerprint density at radius 3 is 2.55 bits per heavy atom. The van der Waals surface area contributed by atoms with Gasteiger partial charge in [0.1, 0.15) is 23.0 Å². The first-order valence-corrected chi connectivity index (χ1v) is 9.92. The molecule has 2 heterocycles. The summed E-state index contributed by atoms with van der Waals surface area (Å²) in [6, 6.07) is 13.5. The minimum absolute atomic E-state index is 0.248. The molecule has 0 radical (unpaired) electrons. The Balaban J connectivity index is 1.46. The second-order valence-corrected chi connectivity index (χ2v) is 7.32. The van der Waals surface area contributed by atoms with Crippen LogP contribution in [-0.4, -0.2) is 29.0 Å². The Bertz CT molecular complexity index is 1260. The van der Waals surface area contributed by atoms with E-state index in [1.807, 2.05) is 0 Å². The van der Waals surface area contributed by atoms with Crippen molar-refractivity contribution in [2.75, 3.05) is 17.7 Å². The number of pyridine rings is 1. The molecule has 0 saturated carbocycles. The Labute approximate surface area is 180 Å². The van der Waals surface area contributed by atoms with Crippen LogP contribution in [0.3, 0.4) is 0 Å². The molecule has 10 heteroatoms. The van der Waals surface area contributed by atoms with Gasteiger partial charge < -0.3 is 15.4 Å². The van der Waals surface area contributed by atoms with E-state index in [0.717, 1.165) is 4.70 Å². The molecule has 0 fully saturated rings. The minimum Gasteiger partial charge on any atom is -0.457 e. The number of anilines is 2. The molecule has 0 unspecified atom stereocenters. The number of rotatable bonds is 5. The highest BCUT2D eigenvalue weighted by Crippen LogP contribution is 2.31. The van der Waals surface area contributed by atoms with Crippen molar-refractivity contribution in [1.82, 2.24) is 15.3 Å². The van der Waals surface area contributed by atoms with Gasteiger partial charge in [0, 0.05) is 31.1 Å². The SMILES string of the molecule is CNC(=O)c1cc(Oc2ccc3nc(NC(=O)Nc4ccc(F)cc4)sc3c2)ccn1. The zero-order valence-electron chi connectivity index (χ0n) is 16.2. The number of nitrogens with one attached hydrogen (secondary N) is 3. The van der Waals surface area contributed by atoms with Crippen molar-refractivity contribution in [2.45, 2.75) is 0 Å². The van der Waals surface area contributed by atoms with Gasteiger partial charge in [0.15, 0.2) is 5.13 Å². The lowest BCUT2D eigenvalue weighted by molar-refractivity contribution is 0.0958. The number of ether oxygens (including phenoxy) is 1. The lowest BCUT2D eigenvalue weighted by Crippen LogP contribution is -2.19. The van der Waals surface area contributed by atoms with Gasteiger partial charge in [-0.1, -0.05) is 11.3 Å². The van der Waals surface area contributed by atoms with Gasteiger partial charge >= 0.3 is 6.03 Å². The summed E-state index contributed by atoms with van der Waals surface area (Å²) in [5.41, 5.74) is 1.40. The molecule has 4 rings (SSSR count). The van der Waals surface area contributed by atoms with E-state index in [9.17, 15) is 14.0 Å². The Hall–Kier alpha value is -4.05. The van der Waals surface area contributed by atoms with Gasteiger partial charge in [-0.15, -0.1) is 0 Å². The van der Waals surface area contributed by atoms with Gasteiger partial charge in [-0.25, -0.2) is 14.2 Å². The van der Waals surface area contributed by atoms with Crippen molar-refractivity contribution >= 4 is 44.3 Å². The largest absolute Gasteiger partial charge is 0.457 e. The van der Waals surface area contributed by atoms with E-state index in [2.05, 4.69) is 25.9 Å². The minimum atomic E-state index is -0.486. The molecular formula is C21H16FN5O3S. The van der Waals surface area contributed by atoms with Crippen LogP contribution in [0.2, 0.25) is 0 Å². The van der Waals surface area contributed by atoms with Crippen molar-refractivity contribution in [3.05, 3.63) is 72.3 Å². The third kappa shape index (κ3) is 4.93. The van der Waals surface area contributed by atoms with Crippen LogP contribution in [0.5, 0.6) is 11.5 Å². The van der Waals surface area contributed by atoms with Crippen molar-refractivity contribution in [2.24, 2.45) is 0 Å². The predicted octanol–water partition coefficient (Wildman–Crippen LogP) is 4.63. The average molecular weight is 437 g/mol. The number of thiazole rings is 1. The van der Waals surface area contributed by atoms with Crippen LogP contribution in [0.25, 0.3) is 10.2 Å². The molecule has 156 valence electrons. The van der Waals surface area contributed by atoms with Crippen LogP contribution in [0, 0.1) is 5.82 Å². The number of benzene rings is 2. The molecule has 8 nitrogen and oxygen atoms in total. The number of halogens is 1. The first kappa shape index (κ1) is 20.2. The maximum absolute atomic E-state index is 13.0. The number of nitrogens with zero attached hydrogens (tertiary/aromatic N) is 2. The van der Waals surface area contributed by atoms with E-state index in [1.165, 1.54) is 48.8 Å². The van der Waals surface area contributed by atoms with Crippen LogP contribution < -0.4 is 20.7 Å². The smallest absolute Gasteiger partial charge is 0.325 e. The van der Waals surface area contributed by atoms with Crippen molar-refractivity contribution < 1.29 is 18.7 Å². The van der Waals surface area contributed by atoms with Gasteiger partial charge in [0.25, 0.3) is 5.91 Å². The van der Waals surface area contributed by atoms with Crippen LogP contribution in [0.1, 0.15) is 10.5 Å². The number of fused-ring (bicyclic) bond motifs is 1. The van der Waals surface area contributed by atoms with Crippen LogP contribution in [0.15, 0.2) is 60.8 Å². The number of urea groups is 1. The molecule has 3 amide bonds. The second kappa shape index (κ2) is 8.76. The van der Waals surface area contributed by atoms with Gasteiger partial charge in [-0.05, 0) is 42.5 Å². The summed E-state index contributed by atoms with van der Waals surface area (Å²) in [5.74, 6) is 0.326. The lowest BCUT2D eigenvalue weighted by atomic mass is 10.3. The number of carbonyl (C=O) groups excluding carboxylic acids is 2. The molecule has 4 aromatic rings. The van der Waals surface area contributed by atoms with Crippen molar-refractivity contribution in [3.8, 4) is 11.5 Å². The predicted molar refractivity (Wildman–Crippen MR) is 116 cm³/mol. The molecular weight excluding hydrogens is 421 g/mol. The monoisotopic (exact) mass is 437 g/mol. The molecule has 3 N–H and O–H groups in total. The maximum atomic E-state index is 13.0. The summed E-state index contributed by atoms with van der Waals surface area (Å²) in [6.07, 6.45) is 1.49. The zero-order valence-corrected chi connectivity index (χ0v) is 17.0. The van der Waals surface area contributed by atoms with Gasteiger partial charge in [0.2, 0.25) is 0 Å². The average Bonchev–Trinajstić information content (AvgIpc) is 3.16. The first-order valence-electron chi connectivity index (χ1n) is 9.10. The molecule has 0 spiro atoms. The maximum Gasteiger partial charge on any atom is 0.325 e. The van der Waals surface area contributed by atoms with Crippen LogP contribution in [0.4, 0.5) is 20.0 Å². The third-order valence-corrected chi connectivity index (χ3v) is 5.04. The van der Waals surface area contributed by atoms with Crippen LogP contribution >= 0.6 is 11.3 Å². The van der Waals surface area contributed by atoms with Gasteiger partial charge in [-0.2, -0.15) is 0 Å². The quantitative estimate of drug-likeness (QED) is 0.422. The molecule has 0 aliphatic carbocycles. The fraction of sp³-hybridized carbons (Fsp3) is 0.0476. The normalized spacial score (nSPS) is 10.5. The highest BCUT2D eigenvalue weighted by Gasteiger charge is 2.11. The highest BCUT2D eigenvalue weighted by atomic mass is 32.1. The van der Waals surface area contributed by atoms with E-state index in [-0.39, 0.29) is 17.4 Å². The van der Waals surface area contributed by atoms with E-state index < -0.39 is 6.03 Å². The number of aromatic nitrogens is 2. The molecule has 2 aromatic heterocycles. The summed E-state index contributed by atoms with van der Waals surface area (Å²) >= 11 is 1.28. The number of amides is 3. The Kier molecular flexibility index (Phi) is 5.72. The summed E-state index contributed by atoms with van der Waals surface area (Å²) in [5, 5.41) is 8.19. The van der Waals surface area contributed by atoms with Crippen molar-refractivity contribution in [3.63, 3.8) is 0 Å². The zero-order chi connectivity index (χ0) is 21.8. The molecule has 2 aromatic carbocycles. The molecule has 0 saturated heterocycles. The summed E-state index contributed by atoms with van der Waals surface area (Å²) in [6.45, 7) is 0. The first-order chi connectivity index (χ1) is 15.0. The summed E-state index contributed by atoms with van der Waals surface area (Å²) in [4.78, 5) is 32.2. The van der Waals surface area contributed by atoms with E-state index >= 15 is 0 Å². The topological polar surface area (TPSA) is 105 Å². The standard InChI is InChI=1S/C21H16FN5O3S/c1-23-19(28)17-10-15(8-9-24-17)30-14-6-7-16-18(11-14)31-21(26-16)27-20(29)25-13-4-2-12(22)3-5-13/h2-11H,1H3,(H,23,28)(H2,25,26,27,29). The number of hydrogen-bond acceptors (Lipinski definition) is 6. The molecule has 0 bridgehead atoms. The number of carbonyl (C=O) groups is 2. The Morgan fingerprint density at radius 2 is 1.77 bits per heavy atom. The van der Waals surface area contributed by atoms with Crippen LogP contribution in [-0.2, 0) is 0 Å². The van der Waals surface area contributed by atoms with E-state index in [1.54, 1.807) is 30.3 Å². The Morgan fingerprint density at radius 1 is 1.00 bits per heavy atom. The van der Waals surface area contributed by atoms with Gasteiger partial charge in [0.05, 0.1) is 10.2 Å². The molecule has 31 heavy (non-hydrogen) atoms. The molecule has 0 aliphatic heterocycles. The molecule has 0 aliphatic rings. The highest BCUT2D eigenvalue weighted by molar-refractivity contribution is 7.22. The molecule has 0 atom stereocenters. The second-order valence-electron chi connectivity index (χ2n) is 6.29. The van der Waals surface area contributed by atoms with Crippen molar-refractivity contribution in [1.29, 1.82) is 0 Å². The van der Waals surface area contributed by atoms with E-state index in [0.29, 0.717) is 27.8 Å².